The Balaban J connectivity index is 2.17. The number of rotatable bonds is 2. The van der Waals surface area contributed by atoms with Crippen molar-refractivity contribution in [3.63, 3.8) is 0 Å². The summed E-state index contributed by atoms with van der Waals surface area (Å²) in [5.41, 5.74) is 3.00. The summed E-state index contributed by atoms with van der Waals surface area (Å²) < 4.78 is 0. The number of likely N-dealkylation sites (tertiary alicyclic amines) is 1. The van der Waals surface area contributed by atoms with E-state index in [0.29, 0.717) is 5.92 Å². The minimum atomic E-state index is 0.167. The zero-order valence-corrected chi connectivity index (χ0v) is 10.8. The van der Waals surface area contributed by atoms with Gasteiger partial charge in [0.2, 0.25) is 0 Å². The molecule has 1 N–H and O–H groups in total. The molecule has 0 aromatic heterocycles. The summed E-state index contributed by atoms with van der Waals surface area (Å²) in [7, 11) is 1.89. The van der Waals surface area contributed by atoms with Gasteiger partial charge in [-0.2, -0.15) is 0 Å². The zero-order valence-electron chi connectivity index (χ0n) is 10.8. The van der Waals surface area contributed by atoms with Gasteiger partial charge >= 0.3 is 0 Å². The summed E-state index contributed by atoms with van der Waals surface area (Å²) in [6, 6.07) is 5.85. The van der Waals surface area contributed by atoms with E-state index in [-0.39, 0.29) is 5.91 Å². The number of aryl methyl sites for hydroxylation is 1. The number of carbonyl (C=O) groups is 1. The molecule has 0 radical (unpaired) electrons. The largest absolute Gasteiger partial charge is 0.388 e. The predicted octanol–water partition coefficient (Wildman–Crippen LogP) is 2.52. The average molecular weight is 232 g/mol. The maximum Gasteiger partial charge on any atom is 0.253 e. The highest BCUT2D eigenvalue weighted by Crippen LogP contribution is 2.21. The molecule has 1 fully saturated rings. The molecule has 1 aromatic carbocycles. The average Bonchev–Trinajstić information content (AvgIpc) is 2.75. The van der Waals surface area contributed by atoms with Crippen molar-refractivity contribution < 1.29 is 4.79 Å². The molecule has 1 amide bonds. The molecule has 0 spiro atoms. The lowest BCUT2D eigenvalue weighted by Crippen LogP contribution is -2.28. The van der Waals surface area contributed by atoms with Gasteiger partial charge in [-0.25, -0.2) is 0 Å². The summed E-state index contributed by atoms with van der Waals surface area (Å²) in [5.74, 6) is 0.803. The molecule has 17 heavy (non-hydrogen) atoms. The lowest BCUT2D eigenvalue weighted by molar-refractivity contribution is 0.0788. The van der Waals surface area contributed by atoms with Gasteiger partial charge in [0.05, 0.1) is 0 Å². The van der Waals surface area contributed by atoms with Crippen LogP contribution < -0.4 is 5.32 Å². The molecule has 1 atom stereocenters. The first-order chi connectivity index (χ1) is 8.11. The number of hydrogen-bond donors (Lipinski definition) is 1. The number of benzene rings is 1. The van der Waals surface area contributed by atoms with Crippen LogP contribution in [0.15, 0.2) is 18.2 Å². The maximum absolute atomic E-state index is 12.2. The van der Waals surface area contributed by atoms with E-state index in [1.165, 1.54) is 0 Å². The quantitative estimate of drug-likeness (QED) is 0.849. The van der Waals surface area contributed by atoms with Gasteiger partial charge in [-0.1, -0.05) is 6.92 Å². The third-order valence-electron chi connectivity index (χ3n) is 3.45. The van der Waals surface area contributed by atoms with Gasteiger partial charge in [0.1, 0.15) is 0 Å². The first-order valence-corrected chi connectivity index (χ1v) is 6.19. The van der Waals surface area contributed by atoms with Crippen LogP contribution in [0.1, 0.15) is 29.3 Å². The van der Waals surface area contributed by atoms with Crippen molar-refractivity contribution in [3.8, 4) is 0 Å². The Hall–Kier alpha value is -1.51. The van der Waals surface area contributed by atoms with Crippen molar-refractivity contribution in [2.75, 3.05) is 25.5 Å². The highest BCUT2D eigenvalue weighted by molar-refractivity contribution is 5.95. The van der Waals surface area contributed by atoms with E-state index < -0.39 is 0 Å². The molecule has 1 unspecified atom stereocenters. The van der Waals surface area contributed by atoms with Crippen molar-refractivity contribution in [1.29, 1.82) is 0 Å². The van der Waals surface area contributed by atoms with Gasteiger partial charge in [-0.3, -0.25) is 4.79 Å². The molecule has 0 bridgehead atoms. The summed E-state index contributed by atoms with van der Waals surface area (Å²) in [6.07, 6.45) is 1.12. The topological polar surface area (TPSA) is 32.3 Å². The highest BCUT2D eigenvalue weighted by Gasteiger charge is 2.24. The normalized spacial score (nSPS) is 19.5. The lowest BCUT2D eigenvalue weighted by atomic mass is 10.1. The third kappa shape index (κ3) is 2.43. The fraction of sp³-hybridized carbons (Fsp3) is 0.500. The molecule has 92 valence electrons. The molecular weight excluding hydrogens is 212 g/mol. The second-order valence-corrected chi connectivity index (χ2v) is 4.92. The van der Waals surface area contributed by atoms with Gasteiger partial charge < -0.3 is 10.2 Å². The van der Waals surface area contributed by atoms with Crippen LogP contribution in [0, 0.1) is 12.8 Å². The van der Waals surface area contributed by atoms with Crippen LogP contribution in [0.5, 0.6) is 0 Å². The van der Waals surface area contributed by atoms with E-state index in [0.717, 1.165) is 36.3 Å². The fourth-order valence-corrected chi connectivity index (χ4v) is 2.38. The molecule has 1 aliphatic rings. The summed E-state index contributed by atoms with van der Waals surface area (Å²) >= 11 is 0. The Kier molecular flexibility index (Phi) is 3.36. The lowest BCUT2D eigenvalue weighted by Gasteiger charge is -2.16. The number of anilines is 1. The Labute approximate surface area is 103 Å². The monoisotopic (exact) mass is 232 g/mol. The first kappa shape index (κ1) is 12.0. The summed E-state index contributed by atoms with van der Waals surface area (Å²) in [6.45, 7) is 6.01. The number of nitrogens with zero attached hydrogens (tertiary/aromatic N) is 1. The van der Waals surface area contributed by atoms with E-state index in [2.05, 4.69) is 12.2 Å². The first-order valence-electron chi connectivity index (χ1n) is 6.19. The number of carbonyl (C=O) groups excluding carboxylic acids is 1. The van der Waals surface area contributed by atoms with Gasteiger partial charge in [0.15, 0.2) is 0 Å². The maximum atomic E-state index is 12.2. The molecule has 3 nitrogen and oxygen atoms in total. The van der Waals surface area contributed by atoms with E-state index >= 15 is 0 Å². The van der Waals surface area contributed by atoms with Crippen LogP contribution in [0.2, 0.25) is 0 Å². The molecule has 3 heteroatoms. The van der Waals surface area contributed by atoms with Crippen molar-refractivity contribution in [1.82, 2.24) is 4.90 Å². The van der Waals surface area contributed by atoms with Gasteiger partial charge in [-0.15, -0.1) is 0 Å². The standard InChI is InChI=1S/C14H20N2O/c1-10-6-7-16(9-10)14(17)12-4-5-13(15-3)11(2)8-12/h4-5,8,10,15H,6-7,9H2,1-3H3. The van der Waals surface area contributed by atoms with Gasteiger partial charge in [0.25, 0.3) is 5.91 Å². The van der Waals surface area contributed by atoms with E-state index in [9.17, 15) is 4.79 Å². The van der Waals surface area contributed by atoms with Crippen LogP contribution >= 0.6 is 0 Å². The van der Waals surface area contributed by atoms with E-state index in [4.69, 9.17) is 0 Å². The van der Waals surface area contributed by atoms with Gasteiger partial charge in [-0.05, 0) is 43.0 Å². The Morgan fingerprint density at radius 2 is 2.24 bits per heavy atom. The molecule has 1 heterocycles. The second kappa shape index (κ2) is 4.78. The molecule has 0 aliphatic carbocycles. The predicted molar refractivity (Wildman–Crippen MR) is 70.4 cm³/mol. The third-order valence-corrected chi connectivity index (χ3v) is 3.45. The number of hydrogen-bond acceptors (Lipinski definition) is 2. The molecule has 1 aromatic rings. The number of nitrogens with one attached hydrogen (secondary N) is 1. The number of amides is 1. The van der Waals surface area contributed by atoms with Crippen molar-refractivity contribution in [2.45, 2.75) is 20.3 Å². The Bertz CT molecular complexity index is 428. The minimum Gasteiger partial charge on any atom is -0.388 e. The van der Waals surface area contributed by atoms with Gasteiger partial charge in [0, 0.05) is 31.4 Å². The Morgan fingerprint density at radius 3 is 2.76 bits per heavy atom. The van der Waals surface area contributed by atoms with Crippen LogP contribution in [-0.4, -0.2) is 30.9 Å². The van der Waals surface area contributed by atoms with E-state index in [1.54, 1.807) is 0 Å². The SMILES string of the molecule is CNc1ccc(C(=O)N2CCC(C)C2)cc1C. The second-order valence-electron chi connectivity index (χ2n) is 4.92. The smallest absolute Gasteiger partial charge is 0.253 e. The molecular formula is C14H20N2O. The van der Waals surface area contributed by atoms with Crippen LogP contribution in [0.3, 0.4) is 0 Å². The summed E-state index contributed by atoms with van der Waals surface area (Å²) in [5, 5.41) is 3.11. The zero-order chi connectivity index (χ0) is 12.4. The van der Waals surface area contributed by atoms with Crippen LogP contribution in [-0.2, 0) is 0 Å². The van der Waals surface area contributed by atoms with Crippen molar-refractivity contribution in [3.05, 3.63) is 29.3 Å². The summed E-state index contributed by atoms with van der Waals surface area (Å²) in [4.78, 5) is 14.2. The minimum absolute atomic E-state index is 0.167. The molecule has 1 saturated heterocycles. The van der Waals surface area contributed by atoms with E-state index in [1.807, 2.05) is 37.1 Å². The molecule has 0 saturated carbocycles. The Morgan fingerprint density at radius 1 is 1.47 bits per heavy atom. The van der Waals surface area contributed by atoms with Crippen LogP contribution in [0.4, 0.5) is 5.69 Å². The van der Waals surface area contributed by atoms with Crippen molar-refractivity contribution >= 4 is 11.6 Å². The molecule has 2 rings (SSSR count). The van der Waals surface area contributed by atoms with Crippen LogP contribution in [0.25, 0.3) is 0 Å². The van der Waals surface area contributed by atoms with Crippen molar-refractivity contribution in [2.24, 2.45) is 5.92 Å². The molecule has 1 aliphatic heterocycles. The fourth-order valence-electron chi connectivity index (χ4n) is 2.38. The highest BCUT2D eigenvalue weighted by atomic mass is 16.2.